The van der Waals surface area contributed by atoms with E-state index in [0.29, 0.717) is 0 Å². The first-order valence-corrected chi connectivity index (χ1v) is 5.31. The molecule has 3 N–H and O–H groups in total. The zero-order valence-corrected chi connectivity index (χ0v) is 9.01. The van der Waals surface area contributed by atoms with Crippen molar-refractivity contribution in [2.45, 2.75) is 6.04 Å². The van der Waals surface area contributed by atoms with Crippen molar-refractivity contribution in [2.24, 2.45) is 5.73 Å². The van der Waals surface area contributed by atoms with Crippen LogP contribution in [0.4, 0.5) is 0 Å². The first kappa shape index (κ1) is 10.9. The standard InChI is InChI=1S/C14H15N2/c15-11-16-14(12-7-3-1-4-8-12)13-9-5-2-6-10-13/h1-11,14,16H,15H2. The molecule has 2 aromatic rings. The van der Waals surface area contributed by atoms with Gasteiger partial charge in [-0.2, -0.15) is 0 Å². The minimum atomic E-state index is 0.118. The van der Waals surface area contributed by atoms with Crippen LogP contribution in [0.2, 0.25) is 0 Å². The maximum atomic E-state index is 5.47. The minimum absolute atomic E-state index is 0.118. The molecule has 0 heterocycles. The monoisotopic (exact) mass is 211 g/mol. The van der Waals surface area contributed by atoms with E-state index in [9.17, 15) is 0 Å². The van der Waals surface area contributed by atoms with E-state index in [1.54, 1.807) is 0 Å². The Labute approximate surface area is 96.1 Å². The summed E-state index contributed by atoms with van der Waals surface area (Å²) in [5.41, 5.74) is 7.88. The summed E-state index contributed by atoms with van der Waals surface area (Å²) < 4.78 is 0. The second-order valence-electron chi connectivity index (χ2n) is 3.59. The van der Waals surface area contributed by atoms with E-state index >= 15 is 0 Å². The van der Waals surface area contributed by atoms with Crippen molar-refractivity contribution in [2.75, 3.05) is 0 Å². The van der Waals surface area contributed by atoms with Crippen LogP contribution in [-0.2, 0) is 0 Å². The molecular formula is C14H15N2. The fraction of sp³-hybridized carbons (Fsp3) is 0.0714. The molecule has 0 aliphatic rings. The highest BCUT2D eigenvalue weighted by atomic mass is 15.0. The molecular weight excluding hydrogens is 196 g/mol. The molecule has 2 nitrogen and oxygen atoms in total. The van der Waals surface area contributed by atoms with Gasteiger partial charge < -0.3 is 5.73 Å². The number of hydrogen-bond acceptors (Lipinski definition) is 2. The van der Waals surface area contributed by atoms with Gasteiger partial charge in [0.15, 0.2) is 0 Å². The molecule has 0 atom stereocenters. The fourth-order valence-electron chi connectivity index (χ4n) is 1.77. The van der Waals surface area contributed by atoms with Crippen molar-refractivity contribution in [3.63, 3.8) is 0 Å². The summed E-state index contributed by atoms with van der Waals surface area (Å²) in [6.07, 6.45) is 0. The van der Waals surface area contributed by atoms with Gasteiger partial charge in [0.2, 0.25) is 0 Å². The van der Waals surface area contributed by atoms with Gasteiger partial charge in [0.1, 0.15) is 0 Å². The second kappa shape index (κ2) is 5.45. The van der Waals surface area contributed by atoms with Crippen LogP contribution in [0.25, 0.3) is 0 Å². The first-order chi connectivity index (χ1) is 7.92. The van der Waals surface area contributed by atoms with Crippen LogP contribution in [0.5, 0.6) is 0 Å². The van der Waals surface area contributed by atoms with Gasteiger partial charge in [-0.15, -0.1) is 0 Å². The van der Waals surface area contributed by atoms with Crippen molar-refractivity contribution in [3.05, 3.63) is 78.5 Å². The van der Waals surface area contributed by atoms with E-state index in [4.69, 9.17) is 5.73 Å². The molecule has 1 radical (unpaired) electrons. The van der Waals surface area contributed by atoms with Gasteiger partial charge in [0, 0.05) is 0 Å². The van der Waals surface area contributed by atoms with E-state index in [1.807, 2.05) is 36.4 Å². The highest BCUT2D eigenvalue weighted by molar-refractivity contribution is 5.31. The molecule has 0 aliphatic carbocycles. The Hall–Kier alpha value is -1.64. The normalized spacial score (nSPS) is 10.6. The number of nitrogens with one attached hydrogen (secondary N) is 1. The Balaban J connectivity index is 2.31. The van der Waals surface area contributed by atoms with Gasteiger partial charge in [-0.1, -0.05) is 60.7 Å². The zero-order valence-electron chi connectivity index (χ0n) is 9.01. The van der Waals surface area contributed by atoms with Gasteiger partial charge in [-0.25, -0.2) is 0 Å². The molecule has 0 saturated heterocycles. The minimum Gasteiger partial charge on any atom is -0.313 e. The van der Waals surface area contributed by atoms with Crippen molar-refractivity contribution >= 4 is 0 Å². The molecule has 2 rings (SSSR count). The number of rotatable bonds is 4. The molecule has 0 aliphatic heterocycles. The molecule has 0 fully saturated rings. The third-order valence-corrected chi connectivity index (χ3v) is 2.53. The molecule has 0 saturated carbocycles. The van der Waals surface area contributed by atoms with Crippen LogP contribution in [0.15, 0.2) is 60.7 Å². The van der Waals surface area contributed by atoms with E-state index < -0.39 is 0 Å². The predicted molar refractivity (Wildman–Crippen MR) is 66.4 cm³/mol. The Morgan fingerprint density at radius 1 is 0.812 bits per heavy atom. The average Bonchev–Trinajstić information content (AvgIpc) is 2.38. The fourth-order valence-corrected chi connectivity index (χ4v) is 1.77. The van der Waals surface area contributed by atoms with Gasteiger partial charge >= 0.3 is 0 Å². The van der Waals surface area contributed by atoms with Crippen molar-refractivity contribution in [1.82, 2.24) is 5.32 Å². The molecule has 2 aromatic carbocycles. The molecule has 0 amide bonds. The van der Waals surface area contributed by atoms with Gasteiger partial charge in [0.05, 0.1) is 12.7 Å². The van der Waals surface area contributed by atoms with Crippen molar-refractivity contribution in [1.29, 1.82) is 0 Å². The zero-order chi connectivity index (χ0) is 11.2. The lowest BCUT2D eigenvalue weighted by Gasteiger charge is -2.18. The molecule has 81 valence electrons. The second-order valence-corrected chi connectivity index (χ2v) is 3.59. The van der Waals surface area contributed by atoms with Gasteiger partial charge in [-0.3, -0.25) is 5.32 Å². The molecule has 0 aromatic heterocycles. The number of benzene rings is 2. The summed E-state index contributed by atoms with van der Waals surface area (Å²) >= 11 is 0. The molecule has 16 heavy (non-hydrogen) atoms. The summed E-state index contributed by atoms with van der Waals surface area (Å²) in [7, 11) is 0. The van der Waals surface area contributed by atoms with E-state index in [2.05, 4.69) is 29.6 Å². The van der Waals surface area contributed by atoms with Gasteiger partial charge in [0.25, 0.3) is 0 Å². The van der Waals surface area contributed by atoms with Gasteiger partial charge in [-0.05, 0) is 11.1 Å². The van der Waals surface area contributed by atoms with Crippen molar-refractivity contribution < 1.29 is 0 Å². The highest BCUT2D eigenvalue weighted by Crippen LogP contribution is 2.21. The smallest absolute Gasteiger partial charge is 0.0846 e. The molecule has 0 unspecified atom stereocenters. The van der Waals surface area contributed by atoms with Crippen LogP contribution in [0, 0.1) is 6.67 Å². The third-order valence-electron chi connectivity index (χ3n) is 2.53. The first-order valence-electron chi connectivity index (χ1n) is 5.31. The van der Waals surface area contributed by atoms with Crippen LogP contribution >= 0.6 is 0 Å². The van der Waals surface area contributed by atoms with Crippen molar-refractivity contribution in [3.8, 4) is 0 Å². The molecule has 0 spiro atoms. The number of hydrogen-bond donors (Lipinski definition) is 2. The van der Waals surface area contributed by atoms with E-state index in [0.717, 1.165) is 0 Å². The molecule has 2 heteroatoms. The summed E-state index contributed by atoms with van der Waals surface area (Å²) in [5, 5.41) is 3.17. The lowest BCUT2D eigenvalue weighted by Crippen LogP contribution is -2.23. The van der Waals surface area contributed by atoms with Crippen LogP contribution in [0.3, 0.4) is 0 Å². The third kappa shape index (κ3) is 2.48. The highest BCUT2D eigenvalue weighted by Gasteiger charge is 2.11. The number of nitrogens with two attached hydrogens (primary N) is 1. The SMILES string of the molecule is N[CH]NC(c1ccccc1)c1ccccc1. The van der Waals surface area contributed by atoms with Crippen LogP contribution in [0.1, 0.15) is 17.2 Å². The molecule has 0 bridgehead atoms. The summed E-state index contributed by atoms with van der Waals surface area (Å²) in [4.78, 5) is 0. The maximum Gasteiger partial charge on any atom is 0.0846 e. The summed E-state index contributed by atoms with van der Waals surface area (Å²) in [5.74, 6) is 0. The van der Waals surface area contributed by atoms with Crippen LogP contribution < -0.4 is 11.1 Å². The lowest BCUT2D eigenvalue weighted by atomic mass is 9.99. The Kier molecular flexibility index (Phi) is 3.70. The summed E-state index contributed by atoms with van der Waals surface area (Å²) in [6, 6.07) is 20.6. The van der Waals surface area contributed by atoms with E-state index in [-0.39, 0.29) is 6.04 Å². The van der Waals surface area contributed by atoms with E-state index in [1.165, 1.54) is 17.8 Å². The Morgan fingerprint density at radius 2 is 1.25 bits per heavy atom. The lowest BCUT2D eigenvalue weighted by molar-refractivity contribution is 0.679. The largest absolute Gasteiger partial charge is 0.313 e. The maximum absolute atomic E-state index is 5.47. The quantitative estimate of drug-likeness (QED) is 0.815. The van der Waals surface area contributed by atoms with Crippen LogP contribution in [-0.4, -0.2) is 0 Å². The topological polar surface area (TPSA) is 38.0 Å². The Morgan fingerprint density at radius 3 is 1.62 bits per heavy atom. The summed E-state index contributed by atoms with van der Waals surface area (Å²) in [6.45, 7) is 1.49. The predicted octanol–water partition coefficient (Wildman–Crippen LogP) is 2.44. The average molecular weight is 211 g/mol. The Bertz CT molecular complexity index is 372.